The molecule has 14 heavy (non-hydrogen) atoms. The quantitative estimate of drug-likeness (QED) is 0.722. The second-order valence-corrected chi connectivity index (χ2v) is 3.01. The fourth-order valence-electron chi connectivity index (χ4n) is 1.17. The lowest BCUT2D eigenvalue weighted by molar-refractivity contribution is -0.118. The van der Waals surface area contributed by atoms with Gasteiger partial charge in [0.25, 0.3) is 0 Å². The van der Waals surface area contributed by atoms with Crippen molar-refractivity contribution >= 4 is 5.91 Å². The molecule has 0 saturated heterocycles. The summed E-state index contributed by atoms with van der Waals surface area (Å²) in [5, 5.41) is 8.64. The number of nitrogens with zero attached hydrogens (tertiary/aromatic N) is 1. The summed E-state index contributed by atoms with van der Waals surface area (Å²) in [7, 11) is 0. The first-order valence-corrected chi connectivity index (χ1v) is 4.17. The molecule has 4 N–H and O–H groups in total. The van der Waals surface area contributed by atoms with E-state index in [1.807, 2.05) is 6.07 Å². The first-order chi connectivity index (χ1) is 6.63. The van der Waals surface area contributed by atoms with E-state index in [-0.39, 0.29) is 6.42 Å². The van der Waals surface area contributed by atoms with Gasteiger partial charge in [-0.2, -0.15) is 5.26 Å². The molecular weight excluding hydrogens is 178 g/mol. The summed E-state index contributed by atoms with van der Waals surface area (Å²) in [5.74, 6) is -0.445. The van der Waals surface area contributed by atoms with Gasteiger partial charge >= 0.3 is 0 Å². The Kier molecular flexibility index (Phi) is 3.21. The number of benzene rings is 1. The third kappa shape index (κ3) is 2.57. The summed E-state index contributed by atoms with van der Waals surface area (Å²) in [6.07, 6.45) is 0.0921. The molecular formula is C10H11N3O. The van der Waals surface area contributed by atoms with Gasteiger partial charge in [-0.1, -0.05) is 12.1 Å². The average molecular weight is 189 g/mol. The minimum Gasteiger partial charge on any atom is -0.370 e. The highest BCUT2D eigenvalue weighted by Gasteiger charge is 2.09. The minimum atomic E-state index is -0.445. The van der Waals surface area contributed by atoms with E-state index in [2.05, 4.69) is 0 Å². The third-order valence-electron chi connectivity index (χ3n) is 1.86. The van der Waals surface area contributed by atoms with Gasteiger partial charge in [-0.3, -0.25) is 4.79 Å². The Hall–Kier alpha value is -1.86. The summed E-state index contributed by atoms with van der Waals surface area (Å²) < 4.78 is 0. The molecule has 72 valence electrons. The normalized spacial score (nSPS) is 11.7. The number of primary amides is 1. The van der Waals surface area contributed by atoms with Crippen LogP contribution in [0.2, 0.25) is 0 Å². The van der Waals surface area contributed by atoms with Crippen LogP contribution in [0.15, 0.2) is 24.3 Å². The van der Waals surface area contributed by atoms with E-state index in [0.29, 0.717) is 5.56 Å². The zero-order valence-corrected chi connectivity index (χ0v) is 7.60. The van der Waals surface area contributed by atoms with Gasteiger partial charge in [0.15, 0.2) is 0 Å². The van der Waals surface area contributed by atoms with Gasteiger partial charge in [0, 0.05) is 12.5 Å². The molecule has 4 nitrogen and oxygen atoms in total. The topological polar surface area (TPSA) is 92.9 Å². The molecule has 0 bridgehead atoms. The highest BCUT2D eigenvalue weighted by atomic mass is 16.1. The minimum absolute atomic E-state index is 0.0921. The van der Waals surface area contributed by atoms with Gasteiger partial charge in [-0.25, -0.2) is 0 Å². The van der Waals surface area contributed by atoms with E-state index >= 15 is 0 Å². The van der Waals surface area contributed by atoms with Crippen molar-refractivity contribution in [1.29, 1.82) is 5.26 Å². The number of carbonyl (C=O) groups is 1. The lowest BCUT2D eigenvalue weighted by Crippen LogP contribution is -2.20. The number of hydrogen-bond donors (Lipinski definition) is 2. The molecule has 0 aliphatic carbocycles. The first-order valence-electron chi connectivity index (χ1n) is 4.17. The smallest absolute Gasteiger partial charge is 0.219 e. The Bertz CT molecular complexity index is 381. The predicted molar refractivity (Wildman–Crippen MR) is 51.9 cm³/mol. The number of amides is 1. The molecule has 1 atom stereocenters. The third-order valence-corrected chi connectivity index (χ3v) is 1.86. The van der Waals surface area contributed by atoms with E-state index in [1.54, 1.807) is 24.3 Å². The fraction of sp³-hybridized carbons (Fsp3) is 0.200. The standard InChI is InChI=1S/C10H11N3O/c11-6-7-2-1-3-8(4-7)9(12)5-10(13)14/h1-4,9H,5,12H2,(H2,13,14). The van der Waals surface area contributed by atoms with Crippen molar-refractivity contribution in [3.05, 3.63) is 35.4 Å². The molecule has 1 rings (SSSR count). The summed E-state index contributed by atoms with van der Waals surface area (Å²) in [6, 6.07) is 8.42. The average Bonchev–Trinajstić information content (AvgIpc) is 2.17. The molecule has 0 heterocycles. The molecule has 4 heteroatoms. The maximum Gasteiger partial charge on any atom is 0.219 e. The van der Waals surface area contributed by atoms with Crippen LogP contribution in [-0.2, 0) is 4.79 Å². The molecule has 1 unspecified atom stereocenters. The van der Waals surface area contributed by atoms with Gasteiger partial charge in [0.05, 0.1) is 11.6 Å². The predicted octanol–water partition coefficient (Wildman–Crippen LogP) is 0.433. The van der Waals surface area contributed by atoms with E-state index in [4.69, 9.17) is 16.7 Å². The van der Waals surface area contributed by atoms with Crippen LogP contribution in [0, 0.1) is 11.3 Å². The van der Waals surface area contributed by atoms with Gasteiger partial charge in [-0.15, -0.1) is 0 Å². The molecule has 0 aliphatic rings. The molecule has 0 saturated carbocycles. The lowest BCUT2D eigenvalue weighted by atomic mass is 10.0. The number of carbonyl (C=O) groups excluding carboxylic acids is 1. The molecule has 1 aromatic carbocycles. The second-order valence-electron chi connectivity index (χ2n) is 3.01. The summed E-state index contributed by atoms with van der Waals surface area (Å²) in [4.78, 5) is 10.6. The van der Waals surface area contributed by atoms with Crippen molar-refractivity contribution in [3.8, 4) is 6.07 Å². The van der Waals surface area contributed by atoms with Crippen LogP contribution in [0.25, 0.3) is 0 Å². The molecule has 0 aliphatic heterocycles. The maximum absolute atomic E-state index is 10.6. The zero-order chi connectivity index (χ0) is 10.6. The van der Waals surface area contributed by atoms with Gasteiger partial charge in [0.1, 0.15) is 0 Å². The Morgan fingerprint density at radius 1 is 1.57 bits per heavy atom. The molecule has 0 spiro atoms. The van der Waals surface area contributed by atoms with Crippen LogP contribution in [0.5, 0.6) is 0 Å². The summed E-state index contributed by atoms with van der Waals surface area (Å²) in [6.45, 7) is 0. The van der Waals surface area contributed by atoms with Crippen LogP contribution >= 0.6 is 0 Å². The van der Waals surface area contributed by atoms with Crippen LogP contribution in [0.3, 0.4) is 0 Å². The first kappa shape index (κ1) is 10.2. The zero-order valence-electron chi connectivity index (χ0n) is 7.60. The SMILES string of the molecule is N#Cc1cccc(C(N)CC(N)=O)c1. The van der Waals surface area contributed by atoms with E-state index < -0.39 is 11.9 Å². The van der Waals surface area contributed by atoms with E-state index in [1.165, 1.54) is 0 Å². The van der Waals surface area contributed by atoms with Gasteiger partial charge in [0.2, 0.25) is 5.91 Å². The Labute approximate surface area is 82.1 Å². The molecule has 0 radical (unpaired) electrons. The van der Waals surface area contributed by atoms with Crippen LogP contribution in [0.1, 0.15) is 23.6 Å². The Morgan fingerprint density at radius 3 is 2.86 bits per heavy atom. The molecule has 0 fully saturated rings. The van der Waals surface area contributed by atoms with Crippen molar-refractivity contribution in [2.75, 3.05) is 0 Å². The number of rotatable bonds is 3. The number of hydrogen-bond acceptors (Lipinski definition) is 3. The van der Waals surface area contributed by atoms with Crippen LogP contribution in [0.4, 0.5) is 0 Å². The van der Waals surface area contributed by atoms with Gasteiger partial charge < -0.3 is 11.5 Å². The maximum atomic E-state index is 10.6. The highest BCUT2D eigenvalue weighted by molar-refractivity contribution is 5.74. The van der Waals surface area contributed by atoms with Crippen LogP contribution in [-0.4, -0.2) is 5.91 Å². The lowest BCUT2D eigenvalue weighted by Gasteiger charge is -2.09. The summed E-state index contributed by atoms with van der Waals surface area (Å²) >= 11 is 0. The van der Waals surface area contributed by atoms with Crippen LogP contribution < -0.4 is 11.5 Å². The van der Waals surface area contributed by atoms with Gasteiger partial charge in [-0.05, 0) is 17.7 Å². The molecule has 1 amide bonds. The van der Waals surface area contributed by atoms with Crippen molar-refractivity contribution in [1.82, 2.24) is 0 Å². The Balaban J connectivity index is 2.85. The largest absolute Gasteiger partial charge is 0.370 e. The molecule has 0 aromatic heterocycles. The number of nitriles is 1. The summed E-state index contributed by atoms with van der Waals surface area (Å²) in [5.41, 5.74) is 12.0. The van der Waals surface area contributed by atoms with Crippen molar-refractivity contribution in [3.63, 3.8) is 0 Å². The number of nitrogens with two attached hydrogens (primary N) is 2. The van der Waals surface area contributed by atoms with Crippen molar-refractivity contribution in [2.24, 2.45) is 11.5 Å². The highest BCUT2D eigenvalue weighted by Crippen LogP contribution is 2.14. The van der Waals surface area contributed by atoms with Crippen molar-refractivity contribution < 1.29 is 4.79 Å². The Morgan fingerprint density at radius 2 is 2.29 bits per heavy atom. The van der Waals surface area contributed by atoms with E-state index in [9.17, 15) is 4.79 Å². The van der Waals surface area contributed by atoms with E-state index in [0.717, 1.165) is 5.56 Å². The van der Waals surface area contributed by atoms with Crippen molar-refractivity contribution in [2.45, 2.75) is 12.5 Å². The molecule has 1 aromatic rings. The fourth-order valence-corrected chi connectivity index (χ4v) is 1.17. The monoisotopic (exact) mass is 189 g/mol. The second kappa shape index (κ2) is 4.40.